The molecule has 2 heterocycles. The maximum absolute atomic E-state index is 9.84. The Kier molecular flexibility index (Phi) is 2.39. The zero-order chi connectivity index (χ0) is 10.3. The summed E-state index contributed by atoms with van der Waals surface area (Å²) in [5, 5.41) is 9.84. The summed E-state index contributed by atoms with van der Waals surface area (Å²) < 4.78 is 16.5. The second-order valence-corrected chi connectivity index (χ2v) is 4.16. The third kappa shape index (κ3) is 1.59. The van der Waals surface area contributed by atoms with E-state index < -0.39 is 18.2 Å². The summed E-state index contributed by atoms with van der Waals surface area (Å²) in [6.45, 7) is 7.23. The molecule has 0 amide bonds. The highest BCUT2D eigenvalue weighted by Gasteiger charge is 2.53. The monoisotopic (exact) mass is 200 g/mol. The van der Waals surface area contributed by atoms with Gasteiger partial charge >= 0.3 is 0 Å². The molecule has 2 aliphatic heterocycles. The molecule has 0 aromatic carbocycles. The molecule has 0 saturated carbocycles. The number of aliphatic hydroxyl groups excluding tert-OH is 1. The number of fused-ring (bicyclic) bond motifs is 1. The summed E-state index contributed by atoms with van der Waals surface area (Å²) in [6, 6.07) is 0. The smallest absolute Gasteiger partial charge is 0.190 e. The van der Waals surface area contributed by atoms with Gasteiger partial charge < -0.3 is 19.3 Å². The van der Waals surface area contributed by atoms with Crippen LogP contribution in [0.15, 0.2) is 12.7 Å². The van der Waals surface area contributed by atoms with Crippen molar-refractivity contribution < 1.29 is 19.3 Å². The highest BCUT2D eigenvalue weighted by atomic mass is 16.8. The average Bonchev–Trinajstić information content (AvgIpc) is 2.50. The molecule has 4 heteroatoms. The van der Waals surface area contributed by atoms with Gasteiger partial charge in [0.05, 0.1) is 6.10 Å². The molecular weight excluding hydrogens is 184 g/mol. The molecule has 0 radical (unpaired) electrons. The molecule has 1 N–H and O–H groups in total. The Morgan fingerprint density at radius 2 is 2.14 bits per heavy atom. The van der Waals surface area contributed by atoms with Crippen LogP contribution in [0.2, 0.25) is 0 Å². The molecule has 0 aromatic heterocycles. The first-order valence-electron chi connectivity index (χ1n) is 4.83. The van der Waals surface area contributed by atoms with Gasteiger partial charge in [-0.2, -0.15) is 0 Å². The van der Waals surface area contributed by atoms with Gasteiger partial charge in [-0.05, 0) is 20.3 Å². The topological polar surface area (TPSA) is 47.9 Å². The lowest BCUT2D eigenvalue weighted by Crippen LogP contribution is -2.34. The highest BCUT2D eigenvalue weighted by molar-refractivity contribution is 4.95. The number of rotatable bonds is 2. The van der Waals surface area contributed by atoms with Crippen molar-refractivity contribution in [2.45, 2.75) is 50.7 Å². The van der Waals surface area contributed by atoms with E-state index in [1.165, 1.54) is 0 Å². The minimum absolute atomic E-state index is 0.251. The first-order chi connectivity index (χ1) is 6.53. The van der Waals surface area contributed by atoms with Gasteiger partial charge in [-0.15, -0.1) is 6.58 Å². The van der Waals surface area contributed by atoms with Crippen molar-refractivity contribution in [1.82, 2.24) is 0 Å². The molecule has 2 fully saturated rings. The Morgan fingerprint density at radius 3 is 2.71 bits per heavy atom. The van der Waals surface area contributed by atoms with Crippen LogP contribution in [0, 0.1) is 0 Å². The molecule has 0 aromatic rings. The van der Waals surface area contributed by atoms with E-state index in [1.54, 1.807) is 6.08 Å². The van der Waals surface area contributed by atoms with Gasteiger partial charge in [0.1, 0.15) is 12.2 Å². The Labute approximate surface area is 83.5 Å². The quantitative estimate of drug-likeness (QED) is 0.670. The van der Waals surface area contributed by atoms with Crippen LogP contribution in [-0.2, 0) is 14.2 Å². The minimum atomic E-state index is -0.657. The lowest BCUT2D eigenvalue weighted by atomic mass is 10.1. The fraction of sp³-hybridized carbons (Fsp3) is 0.800. The number of hydrogen-bond donors (Lipinski definition) is 1. The third-order valence-corrected chi connectivity index (χ3v) is 2.51. The van der Waals surface area contributed by atoms with E-state index >= 15 is 0 Å². The number of hydrogen-bond acceptors (Lipinski definition) is 4. The Hall–Kier alpha value is -0.420. The van der Waals surface area contributed by atoms with E-state index in [0.717, 1.165) is 0 Å². The molecule has 0 aliphatic carbocycles. The first kappa shape index (κ1) is 10.1. The summed E-state index contributed by atoms with van der Waals surface area (Å²) in [5.41, 5.74) is 0. The normalized spacial score (nSPS) is 45.1. The van der Waals surface area contributed by atoms with Gasteiger partial charge in [0.15, 0.2) is 12.1 Å². The Balaban J connectivity index is 2.04. The van der Waals surface area contributed by atoms with E-state index in [9.17, 15) is 5.11 Å². The van der Waals surface area contributed by atoms with Crippen LogP contribution in [0.5, 0.6) is 0 Å². The SMILES string of the molecule is C=CCC1OC2OC(C)(C)O[C@@H]2[C@H]1O. The van der Waals surface area contributed by atoms with Gasteiger partial charge in [-0.1, -0.05) is 6.08 Å². The zero-order valence-electron chi connectivity index (χ0n) is 8.47. The van der Waals surface area contributed by atoms with Crippen molar-refractivity contribution >= 4 is 0 Å². The van der Waals surface area contributed by atoms with E-state index in [0.29, 0.717) is 6.42 Å². The summed E-state index contributed by atoms with van der Waals surface area (Å²) in [7, 11) is 0. The number of aliphatic hydroxyl groups is 1. The molecule has 14 heavy (non-hydrogen) atoms. The maximum atomic E-state index is 9.84. The van der Waals surface area contributed by atoms with Crippen molar-refractivity contribution in [3.63, 3.8) is 0 Å². The van der Waals surface area contributed by atoms with Crippen LogP contribution < -0.4 is 0 Å². The molecule has 4 atom stereocenters. The standard InChI is InChI=1S/C10H16O4/c1-4-5-6-7(11)8-9(12-6)14-10(2,3)13-8/h4,6-9,11H,1,5H2,2-3H3/t6?,7-,8+,9?/m0/s1. The Bertz CT molecular complexity index is 238. The molecule has 80 valence electrons. The first-order valence-corrected chi connectivity index (χ1v) is 4.83. The lowest BCUT2D eigenvalue weighted by molar-refractivity contribution is -0.214. The predicted octanol–water partition coefficient (Wildman–Crippen LogP) is 0.800. The molecule has 2 saturated heterocycles. The van der Waals surface area contributed by atoms with Gasteiger partial charge in [-0.25, -0.2) is 0 Å². The average molecular weight is 200 g/mol. The van der Waals surface area contributed by atoms with Gasteiger partial charge in [0.2, 0.25) is 0 Å². The molecule has 2 unspecified atom stereocenters. The minimum Gasteiger partial charge on any atom is -0.387 e. The molecule has 2 aliphatic rings. The van der Waals surface area contributed by atoms with Crippen molar-refractivity contribution in [3.8, 4) is 0 Å². The van der Waals surface area contributed by atoms with E-state index in [2.05, 4.69) is 6.58 Å². The van der Waals surface area contributed by atoms with E-state index in [-0.39, 0.29) is 12.2 Å². The van der Waals surface area contributed by atoms with Crippen molar-refractivity contribution in [2.24, 2.45) is 0 Å². The van der Waals surface area contributed by atoms with Crippen LogP contribution in [0.1, 0.15) is 20.3 Å². The van der Waals surface area contributed by atoms with Crippen molar-refractivity contribution in [3.05, 3.63) is 12.7 Å². The maximum Gasteiger partial charge on any atom is 0.190 e. The fourth-order valence-corrected chi connectivity index (χ4v) is 1.92. The van der Waals surface area contributed by atoms with Crippen molar-refractivity contribution in [2.75, 3.05) is 0 Å². The van der Waals surface area contributed by atoms with Crippen LogP contribution >= 0.6 is 0 Å². The summed E-state index contributed by atoms with van der Waals surface area (Å²) in [6.07, 6.45) is 0.653. The van der Waals surface area contributed by atoms with Crippen LogP contribution in [0.4, 0.5) is 0 Å². The van der Waals surface area contributed by atoms with Gasteiger partial charge in [0, 0.05) is 0 Å². The predicted molar refractivity (Wildman–Crippen MR) is 49.5 cm³/mol. The second-order valence-electron chi connectivity index (χ2n) is 4.16. The van der Waals surface area contributed by atoms with Crippen LogP contribution in [0.25, 0.3) is 0 Å². The highest BCUT2D eigenvalue weighted by Crippen LogP contribution is 2.38. The summed E-state index contributed by atoms with van der Waals surface area (Å²) >= 11 is 0. The molecule has 0 bridgehead atoms. The van der Waals surface area contributed by atoms with Gasteiger partial charge in [-0.3, -0.25) is 0 Å². The van der Waals surface area contributed by atoms with E-state index in [1.807, 2.05) is 13.8 Å². The molecule has 4 nitrogen and oxygen atoms in total. The third-order valence-electron chi connectivity index (χ3n) is 2.51. The second kappa shape index (κ2) is 3.31. The Morgan fingerprint density at radius 1 is 1.43 bits per heavy atom. The zero-order valence-corrected chi connectivity index (χ0v) is 8.47. The van der Waals surface area contributed by atoms with Crippen LogP contribution in [-0.4, -0.2) is 35.5 Å². The largest absolute Gasteiger partial charge is 0.387 e. The molecular formula is C10H16O4. The number of ether oxygens (including phenoxy) is 3. The fourth-order valence-electron chi connectivity index (χ4n) is 1.92. The van der Waals surface area contributed by atoms with Crippen molar-refractivity contribution in [1.29, 1.82) is 0 Å². The summed E-state index contributed by atoms with van der Waals surface area (Å²) in [4.78, 5) is 0. The van der Waals surface area contributed by atoms with Crippen LogP contribution in [0.3, 0.4) is 0 Å². The lowest BCUT2D eigenvalue weighted by Gasteiger charge is -2.22. The summed E-state index contributed by atoms with van der Waals surface area (Å²) in [5.74, 6) is -0.657. The molecule has 0 spiro atoms. The van der Waals surface area contributed by atoms with Gasteiger partial charge in [0.25, 0.3) is 0 Å². The molecule has 2 rings (SSSR count). The van der Waals surface area contributed by atoms with E-state index in [4.69, 9.17) is 14.2 Å².